The first-order chi connectivity index (χ1) is 12.5. The van der Waals surface area contributed by atoms with Crippen molar-refractivity contribution in [3.8, 4) is 0 Å². The smallest absolute Gasteiger partial charge is 0.211 e. The molecular weight excluding hydrogens is 477 g/mol. The van der Waals surface area contributed by atoms with Crippen LogP contribution in [0.3, 0.4) is 0 Å². The Morgan fingerprint density at radius 1 is 1.15 bits per heavy atom. The number of nitrogens with one attached hydrogen (secondary N) is 1. The summed E-state index contributed by atoms with van der Waals surface area (Å²) in [6, 6.07) is 0.617. The van der Waals surface area contributed by atoms with E-state index < -0.39 is 10.0 Å². The Morgan fingerprint density at radius 3 is 2.41 bits per heavy atom. The average Bonchev–Trinajstić information content (AvgIpc) is 3.29. The Hall–Kier alpha value is -0.390. The maximum absolute atomic E-state index is 11.6. The standard InChI is InChI=1S/C18H33N5O2S.HI/c1-3-19-18(22-11-8-17(15-22)21-9-4-5-10-21)20-14-16-6-12-23(13-7-16)26(2,24)25;/h4-5,16-17H,3,6-15H2,1-2H3,(H,19,20);1H. The maximum Gasteiger partial charge on any atom is 0.211 e. The van der Waals surface area contributed by atoms with Gasteiger partial charge in [-0.25, -0.2) is 12.7 Å². The Bertz CT molecular complexity index is 624. The highest BCUT2D eigenvalue weighted by molar-refractivity contribution is 14.0. The van der Waals surface area contributed by atoms with Crippen LogP contribution in [-0.2, 0) is 10.0 Å². The van der Waals surface area contributed by atoms with Gasteiger partial charge in [-0.2, -0.15) is 0 Å². The lowest BCUT2D eigenvalue weighted by Crippen LogP contribution is -2.43. The lowest BCUT2D eigenvalue weighted by molar-refractivity contribution is 0.258. The van der Waals surface area contributed by atoms with Crippen LogP contribution in [0.2, 0.25) is 0 Å². The fourth-order valence-electron chi connectivity index (χ4n) is 4.09. The molecule has 1 unspecified atom stereocenters. The van der Waals surface area contributed by atoms with Crippen LogP contribution in [0.4, 0.5) is 0 Å². The van der Waals surface area contributed by atoms with Gasteiger partial charge in [0.2, 0.25) is 10.0 Å². The minimum Gasteiger partial charge on any atom is -0.357 e. The predicted molar refractivity (Wildman–Crippen MR) is 121 cm³/mol. The zero-order valence-electron chi connectivity index (χ0n) is 16.5. The fraction of sp³-hybridized carbons (Fsp3) is 0.833. The van der Waals surface area contributed by atoms with Gasteiger partial charge in [0.15, 0.2) is 5.96 Å². The molecule has 156 valence electrons. The third-order valence-electron chi connectivity index (χ3n) is 5.70. The van der Waals surface area contributed by atoms with Crippen LogP contribution in [0.15, 0.2) is 17.1 Å². The number of halogens is 1. The highest BCUT2D eigenvalue weighted by atomic mass is 127. The number of likely N-dealkylation sites (tertiary alicyclic amines) is 1. The minimum atomic E-state index is -3.05. The van der Waals surface area contributed by atoms with E-state index in [0.717, 1.165) is 58.1 Å². The number of hydrogen-bond donors (Lipinski definition) is 1. The fourth-order valence-corrected chi connectivity index (χ4v) is 4.96. The number of sulfonamides is 1. The molecule has 1 N–H and O–H groups in total. The Labute approximate surface area is 181 Å². The zero-order chi connectivity index (χ0) is 18.6. The lowest BCUT2D eigenvalue weighted by atomic mass is 9.98. The predicted octanol–water partition coefficient (Wildman–Crippen LogP) is 1.19. The van der Waals surface area contributed by atoms with Crippen LogP contribution in [0.25, 0.3) is 0 Å². The van der Waals surface area contributed by atoms with E-state index in [4.69, 9.17) is 4.99 Å². The molecule has 1 atom stereocenters. The first kappa shape index (κ1) is 22.9. The molecule has 3 heterocycles. The molecule has 3 aliphatic heterocycles. The van der Waals surface area contributed by atoms with Crippen molar-refractivity contribution in [1.82, 2.24) is 19.4 Å². The molecular formula is C18H34IN5O2S. The molecule has 0 aromatic heterocycles. The van der Waals surface area contributed by atoms with E-state index in [1.54, 1.807) is 4.31 Å². The molecule has 0 bridgehead atoms. The van der Waals surface area contributed by atoms with Crippen LogP contribution < -0.4 is 5.32 Å². The summed E-state index contributed by atoms with van der Waals surface area (Å²) in [4.78, 5) is 9.82. The van der Waals surface area contributed by atoms with Crippen molar-refractivity contribution in [1.29, 1.82) is 0 Å². The SMILES string of the molecule is CCNC(=NCC1CCN(S(C)(=O)=O)CC1)N1CCC(N2CC=CC2)C1.I. The largest absolute Gasteiger partial charge is 0.357 e. The van der Waals surface area contributed by atoms with Crippen molar-refractivity contribution in [3.63, 3.8) is 0 Å². The molecule has 0 saturated carbocycles. The van der Waals surface area contributed by atoms with Crippen molar-refractivity contribution in [2.24, 2.45) is 10.9 Å². The Kier molecular flexibility index (Phi) is 8.82. The quantitative estimate of drug-likeness (QED) is 0.260. The molecule has 0 radical (unpaired) electrons. The highest BCUT2D eigenvalue weighted by Gasteiger charge is 2.30. The molecule has 2 fully saturated rings. The van der Waals surface area contributed by atoms with Gasteiger partial charge in [0.05, 0.1) is 6.26 Å². The molecule has 3 rings (SSSR count). The molecule has 0 amide bonds. The van der Waals surface area contributed by atoms with Gasteiger partial charge in [0.1, 0.15) is 0 Å². The van der Waals surface area contributed by atoms with E-state index in [2.05, 4.69) is 34.2 Å². The van der Waals surface area contributed by atoms with Crippen molar-refractivity contribution < 1.29 is 8.42 Å². The van der Waals surface area contributed by atoms with Crippen LogP contribution in [0.1, 0.15) is 26.2 Å². The minimum absolute atomic E-state index is 0. The second kappa shape index (κ2) is 10.4. The van der Waals surface area contributed by atoms with E-state index in [-0.39, 0.29) is 24.0 Å². The van der Waals surface area contributed by atoms with Gasteiger partial charge in [0.25, 0.3) is 0 Å². The van der Waals surface area contributed by atoms with Gasteiger partial charge in [-0.05, 0) is 32.1 Å². The van der Waals surface area contributed by atoms with Gasteiger partial charge in [-0.1, -0.05) is 12.2 Å². The summed E-state index contributed by atoms with van der Waals surface area (Å²) in [5, 5.41) is 3.44. The second-order valence-corrected chi connectivity index (χ2v) is 9.60. The summed E-state index contributed by atoms with van der Waals surface area (Å²) >= 11 is 0. The van der Waals surface area contributed by atoms with Crippen LogP contribution in [0.5, 0.6) is 0 Å². The number of rotatable bonds is 5. The molecule has 0 spiro atoms. The number of hydrogen-bond acceptors (Lipinski definition) is 4. The van der Waals surface area contributed by atoms with E-state index in [0.29, 0.717) is 25.0 Å². The Balaban J connectivity index is 0.00000261. The van der Waals surface area contributed by atoms with Crippen molar-refractivity contribution in [2.75, 3.05) is 58.6 Å². The van der Waals surface area contributed by atoms with Crippen LogP contribution in [-0.4, -0.2) is 93.1 Å². The normalized spacial score (nSPS) is 25.8. The summed E-state index contributed by atoms with van der Waals surface area (Å²) in [6.07, 6.45) is 8.80. The number of nitrogens with zero attached hydrogens (tertiary/aromatic N) is 4. The van der Waals surface area contributed by atoms with Gasteiger partial charge >= 0.3 is 0 Å². The third-order valence-corrected chi connectivity index (χ3v) is 7.01. The van der Waals surface area contributed by atoms with Gasteiger partial charge in [-0.3, -0.25) is 9.89 Å². The van der Waals surface area contributed by atoms with Crippen molar-refractivity contribution >= 4 is 40.0 Å². The third kappa shape index (κ3) is 6.30. The van der Waals surface area contributed by atoms with Gasteiger partial charge in [-0.15, -0.1) is 24.0 Å². The summed E-state index contributed by atoms with van der Waals surface area (Å²) in [6.45, 7) is 9.27. The molecule has 0 aliphatic carbocycles. The van der Waals surface area contributed by atoms with E-state index >= 15 is 0 Å². The van der Waals surface area contributed by atoms with Gasteiger partial charge in [0, 0.05) is 58.4 Å². The lowest BCUT2D eigenvalue weighted by Gasteiger charge is -2.30. The van der Waals surface area contributed by atoms with E-state index in [1.807, 2.05) is 0 Å². The molecule has 9 heteroatoms. The maximum atomic E-state index is 11.6. The monoisotopic (exact) mass is 511 g/mol. The second-order valence-electron chi connectivity index (χ2n) is 7.61. The first-order valence-electron chi connectivity index (χ1n) is 9.84. The first-order valence-corrected chi connectivity index (χ1v) is 11.7. The topological polar surface area (TPSA) is 68.2 Å². The van der Waals surface area contributed by atoms with Crippen molar-refractivity contribution in [3.05, 3.63) is 12.2 Å². The van der Waals surface area contributed by atoms with Crippen LogP contribution in [0, 0.1) is 5.92 Å². The summed E-state index contributed by atoms with van der Waals surface area (Å²) in [5.74, 6) is 1.50. The number of guanidine groups is 1. The zero-order valence-corrected chi connectivity index (χ0v) is 19.7. The summed E-state index contributed by atoms with van der Waals surface area (Å²) < 4.78 is 24.9. The van der Waals surface area contributed by atoms with Crippen LogP contribution >= 0.6 is 24.0 Å². The molecule has 7 nitrogen and oxygen atoms in total. The summed E-state index contributed by atoms with van der Waals surface area (Å²) in [5.41, 5.74) is 0. The summed E-state index contributed by atoms with van der Waals surface area (Å²) in [7, 11) is -3.05. The van der Waals surface area contributed by atoms with E-state index in [9.17, 15) is 8.42 Å². The molecule has 2 saturated heterocycles. The molecule has 0 aromatic rings. The molecule has 0 aromatic carbocycles. The van der Waals surface area contributed by atoms with E-state index in [1.165, 1.54) is 12.7 Å². The highest BCUT2D eigenvalue weighted by Crippen LogP contribution is 2.21. The van der Waals surface area contributed by atoms with Crippen molar-refractivity contribution in [2.45, 2.75) is 32.2 Å². The average molecular weight is 511 g/mol. The van der Waals surface area contributed by atoms with Gasteiger partial charge < -0.3 is 10.2 Å². The molecule has 3 aliphatic rings. The number of piperidine rings is 1. The Morgan fingerprint density at radius 2 is 1.81 bits per heavy atom. The molecule has 27 heavy (non-hydrogen) atoms. The number of aliphatic imine (C=N–C) groups is 1.